The first-order chi connectivity index (χ1) is 20.7. The number of likely N-dealkylation sites (tertiary alicyclic amines) is 1. The zero-order valence-corrected chi connectivity index (χ0v) is 26.4. The molecule has 0 aromatic carbocycles. The molecule has 7 atom stereocenters. The van der Waals surface area contributed by atoms with Crippen molar-refractivity contribution in [3.63, 3.8) is 0 Å². The maximum absolute atomic E-state index is 12.5. The van der Waals surface area contributed by atoms with Crippen LogP contribution in [0.5, 0.6) is 0 Å². The molecule has 10 nitrogen and oxygen atoms in total. The van der Waals surface area contributed by atoms with Gasteiger partial charge in [-0.3, -0.25) is 14.4 Å². The van der Waals surface area contributed by atoms with Crippen LogP contribution >= 0.6 is 0 Å². The number of likely N-dealkylation sites (N-methyl/N-ethyl adjacent to an activating group) is 1. The summed E-state index contributed by atoms with van der Waals surface area (Å²) in [6, 6.07) is -0.894. The van der Waals surface area contributed by atoms with Gasteiger partial charge in [0.1, 0.15) is 17.4 Å². The fourth-order valence-electron chi connectivity index (χ4n) is 5.15. The number of Topliss-reactive ketones (excluding diaryl/α,β-unsaturated/α-hetero) is 1. The predicted molar refractivity (Wildman–Crippen MR) is 167 cm³/mol. The van der Waals surface area contributed by atoms with Crippen molar-refractivity contribution >= 4 is 17.7 Å². The van der Waals surface area contributed by atoms with E-state index in [4.69, 9.17) is 14.6 Å². The van der Waals surface area contributed by atoms with E-state index in [1.165, 1.54) is 19.2 Å². The maximum Gasteiger partial charge on any atom is 0.303 e. The first kappa shape index (κ1) is 36.6. The van der Waals surface area contributed by atoms with Crippen LogP contribution in [0.4, 0.5) is 0 Å². The molecule has 7 unspecified atom stereocenters. The van der Waals surface area contributed by atoms with E-state index in [0.717, 1.165) is 10.5 Å². The van der Waals surface area contributed by atoms with E-state index in [-0.39, 0.29) is 42.8 Å². The minimum atomic E-state index is -1.06. The quantitative estimate of drug-likeness (QED) is 0.0970. The van der Waals surface area contributed by atoms with Gasteiger partial charge in [0.15, 0.2) is 12.1 Å². The van der Waals surface area contributed by atoms with Crippen LogP contribution in [0.15, 0.2) is 83.7 Å². The van der Waals surface area contributed by atoms with Crippen LogP contribution < -0.4 is 0 Å². The number of aliphatic hydroxyl groups is 3. The topological polar surface area (TPSA) is 154 Å². The van der Waals surface area contributed by atoms with Crippen LogP contribution in [0, 0.1) is 11.8 Å². The highest BCUT2D eigenvalue weighted by molar-refractivity contribution is 6.27. The molecular weight excluding hydrogens is 566 g/mol. The summed E-state index contributed by atoms with van der Waals surface area (Å²) >= 11 is 0. The van der Waals surface area contributed by atoms with Crippen LogP contribution in [0.25, 0.3) is 0 Å². The molecule has 1 amide bonds. The lowest BCUT2D eigenvalue weighted by Gasteiger charge is -2.38. The first-order valence-corrected chi connectivity index (χ1v) is 14.9. The zero-order valence-electron chi connectivity index (χ0n) is 26.4. The molecule has 0 aromatic heterocycles. The van der Waals surface area contributed by atoms with Crippen molar-refractivity contribution in [1.82, 2.24) is 4.90 Å². The van der Waals surface area contributed by atoms with Gasteiger partial charge in [0, 0.05) is 25.8 Å². The third kappa shape index (κ3) is 10.9. The minimum Gasteiger partial charge on any atom is -0.507 e. The maximum atomic E-state index is 12.5. The molecule has 2 rings (SSSR count). The van der Waals surface area contributed by atoms with E-state index in [1.54, 1.807) is 25.2 Å². The highest BCUT2D eigenvalue weighted by atomic mass is 16.7. The van der Waals surface area contributed by atoms with E-state index in [2.05, 4.69) is 26.8 Å². The number of carbonyl (C=O) groups excluding carboxylic acids is 2. The molecule has 0 aliphatic carbocycles. The Kier molecular flexibility index (Phi) is 14.7. The molecule has 0 radical (unpaired) electrons. The second-order valence-corrected chi connectivity index (χ2v) is 11.5. The Balaban J connectivity index is 1.87. The second-order valence-electron chi connectivity index (χ2n) is 11.5. The van der Waals surface area contributed by atoms with Crippen molar-refractivity contribution in [2.75, 3.05) is 7.05 Å². The smallest absolute Gasteiger partial charge is 0.303 e. The van der Waals surface area contributed by atoms with Crippen LogP contribution in [0.3, 0.4) is 0 Å². The number of hydrogen-bond donors (Lipinski definition) is 4. The first-order valence-electron chi connectivity index (χ1n) is 14.9. The number of ketones is 1. The number of nitrogens with zero attached hydrogens (tertiary/aromatic N) is 1. The molecule has 0 bridgehead atoms. The predicted octanol–water partition coefficient (Wildman–Crippen LogP) is 4.33. The highest BCUT2D eigenvalue weighted by Gasteiger charge is 2.42. The fraction of sp³-hybridized carbons (Fsp3) is 0.500. The Morgan fingerprint density at radius 1 is 1.00 bits per heavy atom. The highest BCUT2D eigenvalue weighted by Crippen LogP contribution is 2.28. The largest absolute Gasteiger partial charge is 0.507 e. The van der Waals surface area contributed by atoms with Gasteiger partial charge in [-0.05, 0) is 32.3 Å². The Morgan fingerprint density at radius 2 is 1.57 bits per heavy atom. The second kappa shape index (κ2) is 17.7. The van der Waals surface area contributed by atoms with Gasteiger partial charge in [0.2, 0.25) is 0 Å². The Bertz CT molecular complexity index is 1210. The van der Waals surface area contributed by atoms with Crippen molar-refractivity contribution in [3.8, 4) is 0 Å². The van der Waals surface area contributed by atoms with Gasteiger partial charge >= 0.3 is 5.97 Å². The van der Waals surface area contributed by atoms with Crippen molar-refractivity contribution in [3.05, 3.63) is 83.7 Å². The summed E-state index contributed by atoms with van der Waals surface area (Å²) in [7, 11) is 1.41. The molecule has 242 valence electrons. The number of amides is 1. The molecule has 2 aliphatic heterocycles. The van der Waals surface area contributed by atoms with E-state index in [9.17, 15) is 29.7 Å². The molecule has 4 N–H and O–H groups in total. The minimum absolute atomic E-state index is 0.0119. The SMILES string of the molecule is CC(/C=C/C=C/C=C/C=C/C=C/C(O)=C1C(=O)C(CCC(=O)O)N(C)C1=O)=C\C(C)C(OC1CC(O)C(O)C(C)O1)C(C)C. The molecule has 0 spiro atoms. The molecule has 44 heavy (non-hydrogen) atoms. The number of carboxylic acids is 1. The van der Waals surface area contributed by atoms with Gasteiger partial charge in [0.25, 0.3) is 5.91 Å². The van der Waals surface area contributed by atoms with Gasteiger partial charge < -0.3 is 34.8 Å². The van der Waals surface area contributed by atoms with E-state index >= 15 is 0 Å². The summed E-state index contributed by atoms with van der Waals surface area (Å²) < 4.78 is 12.0. The lowest BCUT2D eigenvalue weighted by molar-refractivity contribution is -0.267. The molecule has 2 aliphatic rings. The summed E-state index contributed by atoms with van der Waals surface area (Å²) in [5.74, 6) is -2.43. The third-order valence-electron chi connectivity index (χ3n) is 7.52. The van der Waals surface area contributed by atoms with Crippen LogP contribution in [0.2, 0.25) is 0 Å². The summed E-state index contributed by atoms with van der Waals surface area (Å²) in [6.45, 7) is 9.97. The number of aliphatic hydroxyl groups excluding tert-OH is 3. The van der Waals surface area contributed by atoms with E-state index in [1.807, 2.05) is 37.3 Å². The van der Waals surface area contributed by atoms with Crippen LogP contribution in [-0.4, -0.2) is 86.8 Å². The molecule has 2 heterocycles. The van der Waals surface area contributed by atoms with Crippen LogP contribution in [0.1, 0.15) is 53.9 Å². The fourth-order valence-corrected chi connectivity index (χ4v) is 5.15. The summed E-state index contributed by atoms with van der Waals surface area (Å²) in [4.78, 5) is 36.9. The summed E-state index contributed by atoms with van der Waals surface area (Å²) in [6.07, 6.45) is 16.4. The van der Waals surface area contributed by atoms with Gasteiger partial charge in [0.05, 0.1) is 24.4 Å². The summed E-state index contributed by atoms with van der Waals surface area (Å²) in [5.41, 5.74) is 0.726. The Morgan fingerprint density at radius 3 is 2.11 bits per heavy atom. The van der Waals surface area contributed by atoms with Crippen molar-refractivity contribution in [2.45, 2.75) is 90.6 Å². The zero-order chi connectivity index (χ0) is 33.0. The third-order valence-corrected chi connectivity index (χ3v) is 7.52. The normalized spacial score (nSPS) is 28.2. The number of aliphatic carboxylic acids is 1. The molecule has 0 saturated carbocycles. The lowest BCUT2D eigenvalue weighted by Crippen LogP contribution is -2.49. The molecule has 0 aromatic rings. The molecular formula is C34H47NO9. The van der Waals surface area contributed by atoms with Gasteiger partial charge in [-0.25, -0.2) is 0 Å². The molecule has 10 heteroatoms. The average Bonchev–Trinajstić information content (AvgIpc) is 3.16. The van der Waals surface area contributed by atoms with E-state index < -0.39 is 54.1 Å². The number of carboxylic acid groups (broad SMARTS) is 1. The molecule has 2 fully saturated rings. The van der Waals surface area contributed by atoms with E-state index in [0.29, 0.717) is 0 Å². The van der Waals surface area contributed by atoms with Crippen LogP contribution in [-0.2, 0) is 23.9 Å². The average molecular weight is 614 g/mol. The van der Waals surface area contributed by atoms with Crippen molar-refractivity contribution in [2.24, 2.45) is 11.8 Å². The van der Waals surface area contributed by atoms with Crippen molar-refractivity contribution < 1.29 is 44.3 Å². The van der Waals surface area contributed by atoms with Crippen molar-refractivity contribution in [1.29, 1.82) is 0 Å². The lowest BCUT2D eigenvalue weighted by atomic mass is 9.92. The monoisotopic (exact) mass is 613 g/mol. The standard InChI is InChI=1S/C34H47NO9/c1-21(2)33(44-29-20-27(37)31(40)24(5)43-29)23(4)19-22(3)15-13-11-9-7-8-10-12-14-16-26(36)30-32(41)25(17-18-28(38)39)35(6)34(30)42/h7-16,19,21,23-25,27,29,31,33,36-37,40H,17-18,20H2,1-6H3,(H,38,39)/b8-7+,11-9+,12-10+,15-13+,16-14+,22-19+,30-26?. The van der Waals surface area contributed by atoms with Gasteiger partial charge in [-0.15, -0.1) is 0 Å². The number of allylic oxidation sites excluding steroid dienone is 11. The summed E-state index contributed by atoms with van der Waals surface area (Å²) in [5, 5.41) is 39.1. The van der Waals surface area contributed by atoms with Gasteiger partial charge in [-0.1, -0.05) is 87.1 Å². The molecule has 2 saturated heterocycles. The Hall–Kier alpha value is -3.57. The number of hydrogen-bond acceptors (Lipinski definition) is 8. The Labute approximate surface area is 260 Å². The van der Waals surface area contributed by atoms with Gasteiger partial charge in [-0.2, -0.15) is 0 Å². The number of ether oxygens (including phenoxy) is 2. The number of carbonyl (C=O) groups is 3. The number of rotatable bonds is 14.